The van der Waals surface area contributed by atoms with Crippen molar-refractivity contribution in [2.45, 2.75) is 37.9 Å². The summed E-state index contributed by atoms with van der Waals surface area (Å²) in [7, 11) is 1.36. The van der Waals surface area contributed by atoms with Crippen LogP contribution in [0.4, 0.5) is 10.6 Å². The molecule has 2 aromatic heterocycles. The third kappa shape index (κ3) is 3.63. The highest BCUT2D eigenvalue weighted by molar-refractivity contribution is 5.89. The maximum Gasteiger partial charge on any atom is 0.337 e. The lowest BCUT2D eigenvalue weighted by Crippen LogP contribution is -2.54. The Bertz CT molecular complexity index is 1130. The van der Waals surface area contributed by atoms with E-state index in [0.29, 0.717) is 12.1 Å². The summed E-state index contributed by atoms with van der Waals surface area (Å²) in [6, 6.07) is 9.46. The smallest absolute Gasteiger partial charge is 0.337 e. The molecule has 0 saturated carbocycles. The number of anilines is 1. The van der Waals surface area contributed by atoms with Gasteiger partial charge in [-0.2, -0.15) is 0 Å². The molecule has 2 aliphatic heterocycles. The Kier molecular flexibility index (Phi) is 5.38. The summed E-state index contributed by atoms with van der Waals surface area (Å²) in [5, 5.41) is 4.06. The zero-order chi connectivity index (χ0) is 22.1. The van der Waals surface area contributed by atoms with Gasteiger partial charge in [-0.15, -0.1) is 0 Å². The Morgan fingerprint density at radius 3 is 2.78 bits per heavy atom. The molecule has 2 fully saturated rings. The van der Waals surface area contributed by atoms with Crippen LogP contribution in [0.5, 0.6) is 0 Å². The number of nitrogens with one attached hydrogen (secondary N) is 2. The van der Waals surface area contributed by atoms with Crippen LogP contribution in [0.25, 0.3) is 11.0 Å². The van der Waals surface area contributed by atoms with Gasteiger partial charge in [0, 0.05) is 25.8 Å². The molecule has 2 atom stereocenters. The number of rotatable bonds is 4. The molecule has 2 N–H and O–H groups in total. The molecule has 2 saturated heterocycles. The minimum Gasteiger partial charge on any atom is -0.465 e. The molecule has 0 radical (unpaired) electrons. The van der Waals surface area contributed by atoms with Crippen LogP contribution in [0.1, 0.15) is 35.2 Å². The van der Waals surface area contributed by atoms with Crippen LogP contribution in [0, 0.1) is 0 Å². The molecule has 0 spiro atoms. The van der Waals surface area contributed by atoms with E-state index in [4.69, 9.17) is 4.74 Å². The lowest BCUT2D eigenvalue weighted by Gasteiger charge is -2.40. The lowest BCUT2D eigenvalue weighted by atomic mass is 9.97. The SMILES string of the molecule is COC(=O)c1ccc(CNC(=O)N2CCC[C@@H]3[C@H]2CCN3c2ncnc3[nH]ccc23)cc1. The van der Waals surface area contributed by atoms with Gasteiger partial charge in [0.1, 0.15) is 17.8 Å². The second-order valence-electron chi connectivity index (χ2n) is 8.24. The molecule has 9 nitrogen and oxygen atoms in total. The molecule has 9 heteroatoms. The number of carbonyl (C=O) groups excluding carboxylic acids is 2. The van der Waals surface area contributed by atoms with Crippen LogP contribution < -0.4 is 10.2 Å². The molecule has 0 bridgehead atoms. The molecule has 0 aliphatic carbocycles. The number of hydrogen-bond donors (Lipinski definition) is 2. The van der Waals surface area contributed by atoms with E-state index < -0.39 is 0 Å². The van der Waals surface area contributed by atoms with E-state index >= 15 is 0 Å². The molecule has 32 heavy (non-hydrogen) atoms. The van der Waals surface area contributed by atoms with Gasteiger partial charge in [0.15, 0.2) is 0 Å². The minimum absolute atomic E-state index is 0.0481. The number of amides is 2. The van der Waals surface area contributed by atoms with Crippen molar-refractivity contribution < 1.29 is 14.3 Å². The molecule has 2 aliphatic rings. The van der Waals surface area contributed by atoms with E-state index in [0.717, 1.165) is 54.8 Å². The monoisotopic (exact) mass is 434 g/mol. The summed E-state index contributed by atoms with van der Waals surface area (Å²) < 4.78 is 4.72. The summed E-state index contributed by atoms with van der Waals surface area (Å²) in [5.74, 6) is 0.572. The van der Waals surface area contributed by atoms with Crippen LogP contribution in [0.2, 0.25) is 0 Å². The van der Waals surface area contributed by atoms with Crippen LogP contribution in [0.15, 0.2) is 42.9 Å². The first kappa shape index (κ1) is 20.3. The van der Waals surface area contributed by atoms with Gasteiger partial charge >= 0.3 is 12.0 Å². The first-order valence-electron chi connectivity index (χ1n) is 10.9. The predicted octanol–water partition coefficient (Wildman–Crippen LogP) is 2.70. The van der Waals surface area contributed by atoms with Crippen molar-refractivity contribution in [1.29, 1.82) is 0 Å². The number of benzene rings is 1. The number of likely N-dealkylation sites (tertiary alicyclic amines) is 1. The average molecular weight is 435 g/mol. The van der Waals surface area contributed by atoms with E-state index in [9.17, 15) is 9.59 Å². The van der Waals surface area contributed by atoms with Gasteiger partial charge in [0.05, 0.1) is 30.1 Å². The fourth-order valence-corrected chi connectivity index (χ4v) is 4.94. The van der Waals surface area contributed by atoms with Crippen LogP contribution in [0.3, 0.4) is 0 Å². The molecule has 5 rings (SSSR count). The van der Waals surface area contributed by atoms with Crippen LogP contribution in [-0.2, 0) is 11.3 Å². The number of H-pyrrole nitrogens is 1. The molecule has 0 unspecified atom stereocenters. The third-order valence-corrected chi connectivity index (χ3v) is 6.49. The van der Waals surface area contributed by atoms with Gasteiger partial charge in [-0.25, -0.2) is 19.6 Å². The van der Waals surface area contributed by atoms with Gasteiger partial charge in [-0.3, -0.25) is 0 Å². The maximum absolute atomic E-state index is 13.0. The van der Waals surface area contributed by atoms with Crippen LogP contribution in [-0.4, -0.2) is 64.1 Å². The van der Waals surface area contributed by atoms with Gasteiger partial charge in [-0.05, 0) is 43.0 Å². The zero-order valence-corrected chi connectivity index (χ0v) is 18.0. The van der Waals surface area contributed by atoms with E-state index in [2.05, 4.69) is 25.2 Å². The van der Waals surface area contributed by atoms with Crippen molar-refractivity contribution in [1.82, 2.24) is 25.2 Å². The summed E-state index contributed by atoms with van der Waals surface area (Å²) in [6.07, 6.45) is 6.40. The molecular formula is C23H26N6O3. The highest BCUT2D eigenvalue weighted by Crippen LogP contribution is 2.35. The number of ether oxygens (including phenoxy) is 1. The van der Waals surface area contributed by atoms with E-state index in [1.54, 1.807) is 18.5 Å². The first-order valence-corrected chi connectivity index (χ1v) is 10.9. The summed E-state index contributed by atoms with van der Waals surface area (Å²) in [6.45, 7) is 2.03. The number of hydrogen-bond acceptors (Lipinski definition) is 6. The first-order chi connectivity index (χ1) is 15.7. The van der Waals surface area contributed by atoms with Gasteiger partial charge in [0.25, 0.3) is 0 Å². The standard InChI is InChI=1S/C23H26N6O3/c1-32-22(30)16-6-4-15(5-7-16)13-25-23(31)29-11-2-3-18-19(29)9-12-28(18)21-17-8-10-24-20(17)26-14-27-21/h4-8,10,14,18-19H,2-3,9,11-13H2,1H3,(H,25,31)(H,24,26,27)/t18-,19-/m1/s1. The lowest BCUT2D eigenvalue weighted by molar-refractivity contribution is 0.0600. The molecule has 166 valence electrons. The number of piperidine rings is 1. The number of urea groups is 1. The minimum atomic E-state index is -0.369. The largest absolute Gasteiger partial charge is 0.465 e. The fraction of sp³-hybridized carbons (Fsp3) is 0.391. The maximum atomic E-state index is 13.0. The molecular weight excluding hydrogens is 408 g/mol. The van der Waals surface area contributed by atoms with Gasteiger partial charge < -0.3 is 24.8 Å². The number of aromatic nitrogens is 3. The topological polar surface area (TPSA) is 103 Å². The Hall–Kier alpha value is -3.62. The Morgan fingerprint density at radius 1 is 1.12 bits per heavy atom. The zero-order valence-electron chi connectivity index (χ0n) is 18.0. The van der Waals surface area contributed by atoms with Crippen molar-refractivity contribution in [3.63, 3.8) is 0 Å². The summed E-state index contributed by atoms with van der Waals surface area (Å²) in [4.78, 5) is 41.0. The summed E-state index contributed by atoms with van der Waals surface area (Å²) in [5.41, 5.74) is 2.26. The Balaban J connectivity index is 1.26. The van der Waals surface area contributed by atoms with E-state index in [1.165, 1.54) is 7.11 Å². The fourth-order valence-electron chi connectivity index (χ4n) is 4.94. The van der Waals surface area contributed by atoms with Crippen molar-refractivity contribution >= 4 is 28.9 Å². The van der Waals surface area contributed by atoms with Crippen molar-refractivity contribution in [2.24, 2.45) is 0 Å². The normalized spacial score (nSPS) is 20.3. The second kappa shape index (κ2) is 8.49. The third-order valence-electron chi connectivity index (χ3n) is 6.49. The molecule has 3 aromatic rings. The number of carbonyl (C=O) groups is 2. The van der Waals surface area contributed by atoms with Crippen molar-refractivity contribution in [2.75, 3.05) is 25.1 Å². The van der Waals surface area contributed by atoms with Gasteiger partial charge in [-0.1, -0.05) is 12.1 Å². The summed E-state index contributed by atoms with van der Waals surface area (Å²) >= 11 is 0. The van der Waals surface area contributed by atoms with Crippen LogP contribution >= 0.6 is 0 Å². The number of fused-ring (bicyclic) bond motifs is 2. The number of aromatic amines is 1. The average Bonchev–Trinajstić information content (AvgIpc) is 3.49. The van der Waals surface area contributed by atoms with Gasteiger partial charge in [0.2, 0.25) is 0 Å². The number of methoxy groups -OCH3 is 1. The number of esters is 1. The highest BCUT2D eigenvalue weighted by atomic mass is 16.5. The molecule has 2 amide bonds. The van der Waals surface area contributed by atoms with E-state index in [-0.39, 0.29) is 24.1 Å². The Labute approximate surface area is 185 Å². The van der Waals surface area contributed by atoms with E-state index in [1.807, 2.05) is 29.3 Å². The quantitative estimate of drug-likeness (QED) is 0.612. The highest BCUT2D eigenvalue weighted by Gasteiger charge is 2.43. The van der Waals surface area contributed by atoms with Crippen molar-refractivity contribution in [3.05, 3.63) is 54.0 Å². The molecule has 1 aromatic carbocycles. The number of nitrogens with zero attached hydrogens (tertiary/aromatic N) is 4. The predicted molar refractivity (Wildman–Crippen MR) is 119 cm³/mol. The molecule has 4 heterocycles. The Morgan fingerprint density at radius 2 is 1.97 bits per heavy atom. The second-order valence-corrected chi connectivity index (χ2v) is 8.24. The van der Waals surface area contributed by atoms with Crippen molar-refractivity contribution in [3.8, 4) is 0 Å².